The zero-order valence-electron chi connectivity index (χ0n) is 25.6. The first-order chi connectivity index (χ1) is 21.3. The molecule has 45 heavy (non-hydrogen) atoms. The molecule has 1 amide bonds. The van der Waals surface area contributed by atoms with Crippen LogP contribution >= 0.6 is 0 Å². The highest BCUT2D eigenvalue weighted by molar-refractivity contribution is 5.87. The van der Waals surface area contributed by atoms with Crippen LogP contribution in [0.15, 0.2) is 30.9 Å². The summed E-state index contributed by atoms with van der Waals surface area (Å²) < 4.78 is 65.4. The standard InChI is InChI=1S/C31H37F4N7O3/c1-6-26(43)41-13-12-40(16-21(41)15-36-3)28-22-14-20(2)42(27-23(32)8-7-9-25(27)45-31(33,34)35)17-24(22)37-29(38-28)44-19-30(10-11-30)18-39(4)5/h6-9,20-21H,1,10-19H2,2,4-5H3/t20-,21+/m1/s1. The summed E-state index contributed by atoms with van der Waals surface area (Å²) in [5.41, 5.74) is 0.947. The van der Waals surface area contributed by atoms with Crippen molar-refractivity contribution in [2.45, 2.75) is 51.2 Å². The number of rotatable bonds is 10. The van der Waals surface area contributed by atoms with Crippen molar-refractivity contribution in [3.63, 3.8) is 0 Å². The van der Waals surface area contributed by atoms with Gasteiger partial charge in [0.05, 0.1) is 18.8 Å². The van der Waals surface area contributed by atoms with Gasteiger partial charge < -0.3 is 33.9 Å². The van der Waals surface area contributed by atoms with Crippen LogP contribution < -0.4 is 19.3 Å². The minimum absolute atomic E-state index is 0.0131. The number of ether oxygens (including phenoxy) is 2. The molecular weight excluding hydrogens is 594 g/mol. The average Bonchev–Trinajstić information content (AvgIpc) is 3.73. The third-order valence-corrected chi connectivity index (χ3v) is 8.52. The van der Waals surface area contributed by atoms with Gasteiger partial charge in [-0.1, -0.05) is 12.6 Å². The number of amides is 1. The fourth-order valence-corrected chi connectivity index (χ4v) is 6.29. The summed E-state index contributed by atoms with van der Waals surface area (Å²) in [5.74, 6) is -1.14. The molecule has 0 spiro atoms. The lowest BCUT2D eigenvalue weighted by molar-refractivity contribution is -0.274. The molecule has 3 heterocycles. The second-order valence-electron chi connectivity index (χ2n) is 12.3. The van der Waals surface area contributed by atoms with Gasteiger partial charge in [0.25, 0.3) is 0 Å². The van der Waals surface area contributed by atoms with Crippen molar-refractivity contribution in [2.24, 2.45) is 5.41 Å². The molecule has 242 valence electrons. The van der Waals surface area contributed by atoms with Crippen LogP contribution in [-0.4, -0.2) is 97.5 Å². The van der Waals surface area contributed by atoms with Gasteiger partial charge in [-0.2, -0.15) is 9.97 Å². The third kappa shape index (κ3) is 7.24. The Hall–Kier alpha value is -4.12. The van der Waals surface area contributed by atoms with Gasteiger partial charge in [-0.3, -0.25) is 4.79 Å². The molecule has 2 aliphatic heterocycles. The predicted octanol–water partition coefficient (Wildman–Crippen LogP) is 4.31. The maximum atomic E-state index is 15.2. The molecule has 14 heteroatoms. The molecule has 1 aliphatic carbocycles. The fraction of sp³-hybridized carbons (Fsp3) is 0.548. The summed E-state index contributed by atoms with van der Waals surface area (Å²) in [6.45, 7) is 15.3. The van der Waals surface area contributed by atoms with Crippen LogP contribution in [0, 0.1) is 17.8 Å². The van der Waals surface area contributed by atoms with Crippen molar-refractivity contribution in [1.82, 2.24) is 19.8 Å². The first-order valence-electron chi connectivity index (χ1n) is 14.8. The van der Waals surface area contributed by atoms with Crippen molar-refractivity contribution in [3.8, 4) is 11.8 Å². The molecule has 0 bridgehead atoms. The van der Waals surface area contributed by atoms with E-state index in [1.807, 2.05) is 19.0 Å². The van der Waals surface area contributed by atoms with E-state index in [-0.39, 0.29) is 36.1 Å². The van der Waals surface area contributed by atoms with E-state index in [2.05, 4.69) is 21.1 Å². The number of nitrogens with zero attached hydrogens (tertiary/aromatic N) is 7. The topological polar surface area (TPSA) is 78.6 Å². The molecule has 0 unspecified atom stereocenters. The number of carbonyl (C=O) groups excluding carboxylic acids is 1. The zero-order chi connectivity index (χ0) is 32.5. The molecule has 0 radical (unpaired) electrons. The van der Waals surface area contributed by atoms with E-state index in [1.54, 1.807) is 11.8 Å². The highest BCUT2D eigenvalue weighted by Gasteiger charge is 2.44. The summed E-state index contributed by atoms with van der Waals surface area (Å²) >= 11 is 0. The molecular formula is C31H37F4N7O3. The van der Waals surface area contributed by atoms with Gasteiger partial charge in [-0.25, -0.2) is 11.0 Å². The molecule has 5 rings (SSSR count). The first kappa shape index (κ1) is 32.3. The Balaban J connectivity index is 1.52. The van der Waals surface area contributed by atoms with E-state index in [9.17, 15) is 18.0 Å². The SMILES string of the molecule is [C-]#[N+]C[C@H]1CN(c2nc(OCC3(CN(C)C)CC3)nc3c2C[C@@H](C)N(c2c(F)cccc2OC(F)(F)F)C3)CCN1C(=O)C=C. The Morgan fingerprint density at radius 3 is 2.67 bits per heavy atom. The van der Waals surface area contributed by atoms with E-state index in [0.717, 1.165) is 37.1 Å². The third-order valence-electron chi connectivity index (χ3n) is 8.52. The van der Waals surface area contributed by atoms with Gasteiger partial charge in [0.15, 0.2) is 5.75 Å². The average molecular weight is 632 g/mol. The summed E-state index contributed by atoms with van der Waals surface area (Å²) in [6, 6.07) is 2.64. The number of fused-ring (bicyclic) bond motifs is 1. The van der Waals surface area contributed by atoms with Crippen LogP contribution in [0.1, 0.15) is 31.0 Å². The molecule has 0 N–H and O–H groups in total. The summed E-state index contributed by atoms with van der Waals surface area (Å²) in [6.07, 6.45) is -1.46. The molecule has 10 nitrogen and oxygen atoms in total. The van der Waals surface area contributed by atoms with Crippen molar-refractivity contribution in [1.29, 1.82) is 0 Å². The van der Waals surface area contributed by atoms with Gasteiger partial charge in [-0.15, -0.1) is 13.2 Å². The van der Waals surface area contributed by atoms with Crippen molar-refractivity contribution < 1.29 is 31.8 Å². The van der Waals surface area contributed by atoms with Crippen LogP contribution in [0.5, 0.6) is 11.8 Å². The second kappa shape index (κ2) is 12.7. The number of carbonyl (C=O) groups is 1. The van der Waals surface area contributed by atoms with Crippen molar-refractivity contribution in [2.75, 3.05) is 63.2 Å². The second-order valence-corrected chi connectivity index (χ2v) is 12.3. The lowest BCUT2D eigenvalue weighted by Crippen LogP contribution is -2.56. The van der Waals surface area contributed by atoms with E-state index in [0.29, 0.717) is 44.2 Å². The molecule has 3 aliphatic rings. The van der Waals surface area contributed by atoms with Crippen LogP contribution in [0.4, 0.5) is 29.1 Å². The normalized spacial score (nSPS) is 20.8. The van der Waals surface area contributed by atoms with E-state index < -0.39 is 30.0 Å². The van der Waals surface area contributed by atoms with Crippen LogP contribution in [-0.2, 0) is 17.8 Å². The van der Waals surface area contributed by atoms with Crippen LogP contribution in [0.3, 0.4) is 0 Å². The van der Waals surface area contributed by atoms with Gasteiger partial charge in [0.1, 0.15) is 23.4 Å². The highest BCUT2D eigenvalue weighted by atomic mass is 19.4. The van der Waals surface area contributed by atoms with Crippen molar-refractivity contribution >= 4 is 17.4 Å². The number of halogens is 4. The summed E-state index contributed by atoms with van der Waals surface area (Å²) in [4.78, 5) is 32.9. The number of aromatic nitrogens is 2. The maximum Gasteiger partial charge on any atom is 0.573 e. The molecule has 1 aromatic carbocycles. The number of hydrogen-bond acceptors (Lipinski definition) is 8. The largest absolute Gasteiger partial charge is 0.573 e. The minimum Gasteiger partial charge on any atom is -0.463 e. The molecule has 1 aromatic heterocycles. The van der Waals surface area contributed by atoms with Gasteiger partial charge in [0, 0.05) is 43.2 Å². The van der Waals surface area contributed by atoms with E-state index >= 15 is 4.39 Å². The minimum atomic E-state index is -5.00. The number of alkyl halides is 3. The summed E-state index contributed by atoms with van der Waals surface area (Å²) in [7, 11) is 4.00. The predicted molar refractivity (Wildman–Crippen MR) is 160 cm³/mol. The molecule has 1 saturated carbocycles. The van der Waals surface area contributed by atoms with E-state index in [1.165, 1.54) is 17.0 Å². The Morgan fingerprint density at radius 1 is 1.27 bits per heavy atom. The monoisotopic (exact) mass is 631 g/mol. The molecule has 2 atom stereocenters. The molecule has 2 aromatic rings. The Kier molecular flexibility index (Phi) is 9.11. The zero-order valence-corrected chi connectivity index (χ0v) is 25.6. The first-order valence-corrected chi connectivity index (χ1v) is 14.8. The Bertz CT molecular complexity index is 1470. The highest BCUT2D eigenvalue weighted by Crippen LogP contribution is 2.46. The Morgan fingerprint density at radius 2 is 2.02 bits per heavy atom. The van der Waals surface area contributed by atoms with Gasteiger partial charge in [0.2, 0.25) is 12.5 Å². The lowest BCUT2D eigenvalue weighted by Gasteiger charge is -2.42. The lowest BCUT2D eigenvalue weighted by atomic mass is 9.97. The van der Waals surface area contributed by atoms with Gasteiger partial charge >= 0.3 is 12.4 Å². The fourth-order valence-electron chi connectivity index (χ4n) is 6.29. The van der Waals surface area contributed by atoms with Crippen LogP contribution in [0.2, 0.25) is 0 Å². The number of anilines is 2. The quantitative estimate of drug-likeness (QED) is 0.218. The van der Waals surface area contributed by atoms with E-state index in [4.69, 9.17) is 21.3 Å². The number of para-hydroxylation sites is 1. The van der Waals surface area contributed by atoms with Crippen LogP contribution in [0.25, 0.3) is 4.85 Å². The maximum absolute atomic E-state index is 15.2. The number of piperazine rings is 1. The van der Waals surface area contributed by atoms with Crippen molar-refractivity contribution in [3.05, 3.63) is 59.3 Å². The summed E-state index contributed by atoms with van der Waals surface area (Å²) in [5, 5.41) is 0. The Labute approximate surface area is 260 Å². The van der Waals surface area contributed by atoms with Gasteiger partial charge in [-0.05, 0) is 58.5 Å². The smallest absolute Gasteiger partial charge is 0.463 e. The molecule has 2 fully saturated rings. The number of benzene rings is 1. The molecule has 1 saturated heterocycles. The number of hydrogen-bond donors (Lipinski definition) is 0.